The first-order valence-corrected chi connectivity index (χ1v) is 8.60. The third-order valence-electron chi connectivity index (χ3n) is 4.65. The Labute approximate surface area is 147 Å². The average molecular weight is 343 g/mol. The summed E-state index contributed by atoms with van der Waals surface area (Å²) in [6, 6.07) is 11.4. The maximum absolute atomic E-state index is 10.0. The SMILES string of the molecule is Cc1cccc(OCC2(CNCc3ccccn3)C[C@@H](O)[C@@H](O)C2)n1. The molecule has 0 radical (unpaired) electrons. The van der Waals surface area contributed by atoms with E-state index < -0.39 is 12.2 Å². The molecule has 25 heavy (non-hydrogen) atoms. The molecule has 2 heterocycles. The van der Waals surface area contributed by atoms with Gasteiger partial charge in [-0.1, -0.05) is 12.1 Å². The molecular weight excluding hydrogens is 318 g/mol. The van der Waals surface area contributed by atoms with Gasteiger partial charge in [-0.15, -0.1) is 0 Å². The maximum Gasteiger partial charge on any atom is 0.213 e. The fraction of sp³-hybridized carbons (Fsp3) is 0.474. The van der Waals surface area contributed by atoms with Gasteiger partial charge in [-0.25, -0.2) is 4.98 Å². The number of aliphatic hydroxyl groups excluding tert-OH is 2. The summed E-state index contributed by atoms with van der Waals surface area (Å²) < 4.78 is 5.88. The van der Waals surface area contributed by atoms with Crippen LogP contribution in [0.5, 0.6) is 5.88 Å². The lowest BCUT2D eigenvalue weighted by molar-refractivity contribution is 0.0438. The molecule has 0 saturated heterocycles. The lowest BCUT2D eigenvalue weighted by Crippen LogP contribution is -2.38. The molecule has 0 aliphatic heterocycles. The van der Waals surface area contributed by atoms with Crippen LogP contribution in [-0.4, -0.2) is 45.5 Å². The number of hydrogen-bond donors (Lipinski definition) is 3. The van der Waals surface area contributed by atoms with Crippen molar-refractivity contribution in [2.75, 3.05) is 13.2 Å². The zero-order chi connectivity index (χ0) is 17.7. The topological polar surface area (TPSA) is 87.5 Å². The van der Waals surface area contributed by atoms with E-state index in [1.165, 1.54) is 0 Å². The summed E-state index contributed by atoms with van der Waals surface area (Å²) >= 11 is 0. The van der Waals surface area contributed by atoms with Crippen LogP contribution in [0, 0.1) is 12.3 Å². The van der Waals surface area contributed by atoms with Gasteiger partial charge in [0.2, 0.25) is 5.88 Å². The molecule has 0 spiro atoms. The Hall–Kier alpha value is -2.02. The summed E-state index contributed by atoms with van der Waals surface area (Å²) in [5, 5.41) is 23.4. The lowest BCUT2D eigenvalue weighted by atomic mass is 9.86. The van der Waals surface area contributed by atoms with Gasteiger partial charge in [-0.3, -0.25) is 4.98 Å². The largest absolute Gasteiger partial charge is 0.477 e. The van der Waals surface area contributed by atoms with Crippen LogP contribution in [-0.2, 0) is 6.54 Å². The highest BCUT2D eigenvalue weighted by Gasteiger charge is 2.44. The van der Waals surface area contributed by atoms with E-state index in [0.717, 1.165) is 11.4 Å². The fourth-order valence-corrected chi connectivity index (χ4v) is 3.34. The number of aryl methyl sites for hydroxylation is 1. The number of pyridine rings is 2. The molecule has 6 heteroatoms. The molecule has 0 amide bonds. The van der Waals surface area contributed by atoms with Crippen molar-refractivity contribution in [3.63, 3.8) is 0 Å². The lowest BCUT2D eigenvalue weighted by Gasteiger charge is -2.29. The third kappa shape index (κ3) is 4.75. The quantitative estimate of drug-likeness (QED) is 0.705. The van der Waals surface area contributed by atoms with Crippen molar-refractivity contribution in [2.24, 2.45) is 5.41 Å². The van der Waals surface area contributed by atoms with Gasteiger partial charge >= 0.3 is 0 Å². The van der Waals surface area contributed by atoms with E-state index in [9.17, 15) is 10.2 Å². The van der Waals surface area contributed by atoms with Crippen molar-refractivity contribution >= 4 is 0 Å². The van der Waals surface area contributed by atoms with Crippen LogP contribution >= 0.6 is 0 Å². The molecule has 0 aromatic carbocycles. The summed E-state index contributed by atoms with van der Waals surface area (Å²) in [7, 11) is 0. The minimum absolute atomic E-state index is 0.334. The van der Waals surface area contributed by atoms with Crippen molar-refractivity contribution < 1.29 is 14.9 Å². The molecule has 1 aliphatic carbocycles. The van der Waals surface area contributed by atoms with Gasteiger partial charge in [0.1, 0.15) is 0 Å². The molecule has 2 aromatic heterocycles. The van der Waals surface area contributed by atoms with E-state index in [1.807, 2.05) is 43.3 Å². The van der Waals surface area contributed by atoms with Crippen LogP contribution < -0.4 is 10.1 Å². The van der Waals surface area contributed by atoms with Gasteiger partial charge in [-0.2, -0.15) is 0 Å². The summed E-state index contributed by atoms with van der Waals surface area (Å²) in [6.07, 6.45) is 1.32. The minimum atomic E-state index is -0.717. The highest BCUT2D eigenvalue weighted by Crippen LogP contribution is 2.38. The monoisotopic (exact) mass is 343 g/mol. The van der Waals surface area contributed by atoms with Crippen LogP contribution in [0.1, 0.15) is 24.2 Å². The maximum atomic E-state index is 10.0. The number of rotatable bonds is 7. The van der Waals surface area contributed by atoms with Gasteiger partial charge in [0, 0.05) is 36.5 Å². The van der Waals surface area contributed by atoms with Gasteiger partial charge in [0.05, 0.1) is 24.5 Å². The van der Waals surface area contributed by atoms with E-state index in [1.54, 1.807) is 6.20 Å². The van der Waals surface area contributed by atoms with Crippen LogP contribution in [0.2, 0.25) is 0 Å². The highest BCUT2D eigenvalue weighted by molar-refractivity contribution is 5.15. The second-order valence-corrected chi connectivity index (χ2v) is 6.87. The molecular formula is C19H25N3O3. The normalized spacial score (nSPS) is 25.9. The third-order valence-corrected chi connectivity index (χ3v) is 4.65. The first-order chi connectivity index (χ1) is 12.1. The number of aliphatic hydroxyl groups is 2. The summed E-state index contributed by atoms with van der Waals surface area (Å²) in [5.41, 5.74) is 1.52. The molecule has 1 unspecified atom stereocenters. The molecule has 2 aromatic rings. The second-order valence-electron chi connectivity index (χ2n) is 6.87. The Morgan fingerprint density at radius 2 is 1.96 bits per heavy atom. The Bertz CT molecular complexity index is 671. The highest BCUT2D eigenvalue weighted by atomic mass is 16.5. The van der Waals surface area contributed by atoms with E-state index >= 15 is 0 Å². The van der Waals surface area contributed by atoms with Crippen molar-refractivity contribution in [1.29, 1.82) is 0 Å². The van der Waals surface area contributed by atoms with Crippen molar-refractivity contribution in [1.82, 2.24) is 15.3 Å². The zero-order valence-electron chi connectivity index (χ0n) is 14.4. The van der Waals surface area contributed by atoms with E-state index in [2.05, 4.69) is 15.3 Å². The van der Waals surface area contributed by atoms with Crippen molar-refractivity contribution in [2.45, 2.75) is 38.5 Å². The van der Waals surface area contributed by atoms with E-state index in [4.69, 9.17) is 4.74 Å². The smallest absolute Gasteiger partial charge is 0.213 e. The number of hydrogen-bond acceptors (Lipinski definition) is 6. The van der Waals surface area contributed by atoms with Crippen LogP contribution in [0.4, 0.5) is 0 Å². The number of nitrogens with one attached hydrogen (secondary N) is 1. The summed E-state index contributed by atoms with van der Waals surface area (Å²) in [5.74, 6) is 0.569. The molecule has 3 rings (SSSR count). The zero-order valence-corrected chi connectivity index (χ0v) is 14.4. The van der Waals surface area contributed by atoms with Gasteiger partial charge < -0.3 is 20.3 Å². The summed E-state index contributed by atoms with van der Waals surface area (Å²) in [4.78, 5) is 8.65. The molecule has 3 atom stereocenters. The average Bonchev–Trinajstić information content (AvgIpc) is 2.89. The van der Waals surface area contributed by atoms with Crippen molar-refractivity contribution in [3.8, 4) is 5.88 Å². The molecule has 1 fully saturated rings. The fourth-order valence-electron chi connectivity index (χ4n) is 3.34. The van der Waals surface area contributed by atoms with E-state index in [-0.39, 0.29) is 5.41 Å². The Morgan fingerprint density at radius 3 is 2.64 bits per heavy atom. The van der Waals surface area contributed by atoms with E-state index in [0.29, 0.717) is 38.4 Å². The minimum Gasteiger partial charge on any atom is -0.477 e. The first kappa shape index (κ1) is 17.8. The van der Waals surface area contributed by atoms with Gasteiger partial charge in [0.15, 0.2) is 0 Å². The van der Waals surface area contributed by atoms with Crippen molar-refractivity contribution in [3.05, 3.63) is 54.0 Å². The Morgan fingerprint density at radius 1 is 1.16 bits per heavy atom. The molecule has 1 saturated carbocycles. The number of nitrogens with zero attached hydrogens (tertiary/aromatic N) is 2. The van der Waals surface area contributed by atoms with Gasteiger partial charge in [-0.05, 0) is 38.0 Å². The Balaban J connectivity index is 1.62. The number of ether oxygens (including phenoxy) is 1. The predicted molar refractivity (Wildman–Crippen MR) is 94.1 cm³/mol. The number of aromatic nitrogens is 2. The van der Waals surface area contributed by atoms with Gasteiger partial charge in [0.25, 0.3) is 0 Å². The van der Waals surface area contributed by atoms with Crippen LogP contribution in [0.3, 0.4) is 0 Å². The first-order valence-electron chi connectivity index (χ1n) is 8.60. The molecule has 1 aliphatic rings. The van der Waals surface area contributed by atoms with Crippen LogP contribution in [0.15, 0.2) is 42.6 Å². The molecule has 6 nitrogen and oxygen atoms in total. The Kier molecular flexibility index (Phi) is 5.63. The summed E-state index contributed by atoms with van der Waals surface area (Å²) in [6.45, 7) is 3.58. The molecule has 3 N–H and O–H groups in total. The molecule has 134 valence electrons. The predicted octanol–water partition coefficient (Wildman–Crippen LogP) is 1.46. The standard InChI is InChI=1S/C19H25N3O3/c1-14-5-4-7-18(22-14)25-13-19(9-16(23)17(24)10-19)12-20-11-15-6-2-3-8-21-15/h2-8,16-17,20,23-24H,9-13H2,1H3/t16-,17+,19?. The van der Waals surface area contributed by atoms with Crippen LogP contribution in [0.25, 0.3) is 0 Å². The molecule has 0 bridgehead atoms. The second kappa shape index (κ2) is 7.91.